The molecule has 2 rings (SSSR count). The van der Waals surface area contributed by atoms with Gasteiger partial charge in [-0.25, -0.2) is 13.1 Å². The summed E-state index contributed by atoms with van der Waals surface area (Å²) in [5, 5.41) is -0.0591. The van der Waals surface area contributed by atoms with E-state index in [9.17, 15) is 8.42 Å². The number of hydrogen-bond acceptors (Lipinski definition) is 5. The van der Waals surface area contributed by atoms with Gasteiger partial charge in [0.25, 0.3) is 10.0 Å². The van der Waals surface area contributed by atoms with Crippen molar-refractivity contribution in [2.45, 2.75) is 30.5 Å². The first kappa shape index (κ1) is 13.5. The summed E-state index contributed by atoms with van der Waals surface area (Å²) in [6.45, 7) is 1.93. The zero-order valence-corrected chi connectivity index (χ0v) is 11.2. The van der Waals surface area contributed by atoms with E-state index in [1.54, 1.807) is 6.07 Å². The maximum Gasteiger partial charge on any atom is 0.274 e. The Morgan fingerprint density at radius 1 is 1.56 bits per heavy atom. The van der Waals surface area contributed by atoms with E-state index in [1.807, 2.05) is 7.05 Å². The fourth-order valence-electron chi connectivity index (χ4n) is 2.15. The molecule has 0 saturated carbocycles. The molecule has 102 valence electrons. The lowest BCUT2D eigenvalue weighted by molar-refractivity contribution is 0.241. The van der Waals surface area contributed by atoms with Crippen LogP contribution in [0.25, 0.3) is 0 Å². The van der Waals surface area contributed by atoms with Gasteiger partial charge in [0.2, 0.25) is 5.09 Å². The maximum absolute atomic E-state index is 12.1. The van der Waals surface area contributed by atoms with Crippen LogP contribution in [0.4, 0.5) is 0 Å². The molecule has 7 heteroatoms. The molecule has 0 radical (unpaired) electrons. The van der Waals surface area contributed by atoms with Gasteiger partial charge < -0.3 is 15.1 Å². The summed E-state index contributed by atoms with van der Waals surface area (Å²) in [4.78, 5) is 2.12. The van der Waals surface area contributed by atoms with Crippen molar-refractivity contribution in [2.24, 2.45) is 5.73 Å². The summed E-state index contributed by atoms with van der Waals surface area (Å²) in [6.07, 6.45) is 1.85. The van der Waals surface area contributed by atoms with Crippen molar-refractivity contribution in [1.29, 1.82) is 0 Å². The standard InChI is InChI=1S/C11H19N3O3S/c1-14-6-2-3-9(8-14)13-18(15,16)11-5-4-10(7-12)17-11/h4-5,9,13H,2-3,6-8,12H2,1H3. The highest BCUT2D eigenvalue weighted by atomic mass is 32.2. The van der Waals surface area contributed by atoms with E-state index in [4.69, 9.17) is 10.2 Å². The summed E-state index contributed by atoms with van der Waals surface area (Å²) < 4.78 is 32.0. The topological polar surface area (TPSA) is 88.6 Å². The van der Waals surface area contributed by atoms with Gasteiger partial charge in [0.1, 0.15) is 5.76 Å². The van der Waals surface area contributed by atoms with E-state index in [0.29, 0.717) is 5.76 Å². The van der Waals surface area contributed by atoms with Crippen molar-refractivity contribution in [2.75, 3.05) is 20.1 Å². The average molecular weight is 273 g/mol. The van der Waals surface area contributed by atoms with Crippen LogP contribution in [0.15, 0.2) is 21.6 Å². The van der Waals surface area contributed by atoms with E-state index in [1.165, 1.54) is 6.07 Å². The van der Waals surface area contributed by atoms with Crippen LogP contribution in [0.3, 0.4) is 0 Å². The van der Waals surface area contributed by atoms with Gasteiger partial charge in [-0.1, -0.05) is 0 Å². The number of furan rings is 1. The first-order valence-electron chi connectivity index (χ1n) is 6.01. The number of rotatable bonds is 4. The normalized spacial score (nSPS) is 22.2. The zero-order chi connectivity index (χ0) is 13.2. The number of likely N-dealkylation sites (tertiary alicyclic amines) is 1. The number of nitrogens with two attached hydrogens (primary N) is 1. The number of hydrogen-bond donors (Lipinski definition) is 2. The summed E-state index contributed by atoms with van der Waals surface area (Å²) in [6, 6.07) is 2.97. The second-order valence-electron chi connectivity index (χ2n) is 4.65. The minimum absolute atomic E-state index is 0.0554. The number of nitrogens with one attached hydrogen (secondary N) is 1. The number of nitrogens with zero attached hydrogens (tertiary/aromatic N) is 1. The number of piperidine rings is 1. The molecule has 1 atom stereocenters. The van der Waals surface area contributed by atoms with Gasteiger partial charge in [0.05, 0.1) is 6.54 Å². The molecular weight excluding hydrogens is 254 g/mol. The van der Waals surface area contributed by atoms with Crippen molar-refractivity contribution in [3.05, 3.63) is 17.9 Å². The van der Waals surface area contributed by atoms with Crippen molar-refractivity contribution in [3.8, 4) is 0 Å². The van der Waals surface area contributed by atoms with E-state index in [2.05, 4.69) is 9.62 Å². The molecule has 1 fully saturated rings. The molecule has 2 heterocycles. The lowest BCUT2D eigenvalue weighted by atomic mass is 10.1. The molecule has 6 nitrogen and oxygen atoms in total. The summed E-state index contributed by atoms with van der Waals surface area (Å²) >= 11 is 0. The van der Waals surface area contributed by atoms with Crippen LogP contribution in [0.5, 0.6) is 0 Å². The Labute approximate surface area is 107 Å². The van der Waals surface area contributed by atoms with Crippen molar-refractivity contribution in [1.82, 2.24) is 9.62 Å². The molecule has 1 aliphatic rings. The summed E-state index contributed by atoms with van der Waals surface area (Å²) in [7, 11) is -1.59. The predicted octanol–water partition coefficient (Wildman–Crippen LogP) is 0.111. The Hall–Kier alpha value is -0.890. The molecule has 0 amide bonds. The van der Waals surface area contributed by atoms with Gasteiger partial charge in [0.15, 0.2) is 0 Å². The molecule has 1 aromatic heterocycles. The van der Waals surface area contributed by atoms with Crippen molar-refractivity contribution >= 4 is 10.0 Å². The summed E-state index contributed by atoms with van der Waals surface area (Å²) in [5.41, 5.74) is 5.39. The van der Waals surface area contributed by atoms with Crippen molar-refractivity contribution in [3.63, 3.8) is 0 Å². The van der Waals surface area contributed by atoms with E-state index in [0.717, 1.165) is 25.9 Å². The number of likely N-dealkylation sites (N-methyl/N-ethyl adjacent to an activating group) is 1. The molecule has 0 aromatic carbocycles. The van der Waals surface area contributed by atoms with Gasteiger partial charge in [-0.05, 0) is 38.6 Å². The van der Waals surface area contributed by atoms with Crippen molar-refractivity contribution < 1.29 is 12.8 Å². The SMILES string of the molecule is CN1CCCC(NS(=O)(=O)c2ccc(CN)o2)C1. The Kier molecular flexibility index (Phi) is 4.06. The van der Waals surface area contributed by atoms with Crippen LogP contribution < -0.4 is 10.5 Å². The molecule has 1 aromatic rings. The monoisotopic (exact) mass is 273 g/mol. The minimum atomic E-state index is -3.57. The van der Waals surface area contributed by atoms with Gasteiger partial charge in [-0.15, -0.1) is 0 Å². The second-order valence-corrected chi connectivity index (χ2v) is 6.29. The fraction of sp³-hybridized carbons (Fsp3) is 0.636. The fourth-order valence-corrected chi connectivity index (χ4v) is 3.36. The highest BCUT2D eigenvalue weighted by Gasteiger charge is 2.25. The third-order valence-electron chi connectivity index (χ3n) is 3.05. The highest BCUT2D eigenvalue weighted by molar-refractivity contribution is 7.89. The van der Waals surface area contributed by atoms with E-state index >= 15 is 0 Å². The predicted molar refractivity (Wildman–Crippen MR) is 67.4 cm³/mol. The Bertz CT molecular complexity index is 497. The molecule has 1 saturated heterocycles. The molecule has 1 unspecified atom stereocenters. The third kappa shape index (κ3) is 3.11. The molecular formula is C11H19N3O3S. The molecule has 0 spiro atoms. The van der Waals surface area contributed by atoms with Gasteiger partial charge in [-0.3, -0.25) is 0 Å². The largest absolute Gasteiger partial charge is 0.447 e. The first-order valence-corrected chi connectivity index (χ1v) is 7.49. The highest BCUT2D eigenvalue weighted by Crippen LogP contribution is 2.16. The minimum Gasteiger partial charge on any atom is -0.447 e. The molecule has 0 bridgehead atoms. The zero-order valence-electron chi connectivity index (χ0n) is 10.4. The van der Waals surface area contributed by atoms with Gasteiger partial charge >= 0.3 is 0 Å². The second kappa shape index (κ2) is 5.40. The number of sulfonamides is 1. The maximum atomic E-state index is 12.1. The summed E-state index contributed by atoms with van der Waals surface area (Å²) in [5.74, 6) is 0.469. The van der Waals surface area contributed by atoms with Crippen LogP contribution >= 0.6 is 0 Å². The molecule has 0 aliphatic carbocycles. The average Bonchev–Trinajstić information content (AvgIpc) is 2.77. The van der Waals surface area contributed by atoms with Crippen LogP contribution in [-0.2, 0) is 16.6 Å². The Morgan fingerprint density at radius 3 is 2.94 bits per heavy atom. The third-order valence-corrected chi connectivity index (χ3v) is 4.44. The van der Waals surface area contributed by atoms with Crippen LogP contribution in [0.2, 0.25) is 0 Å². The van der Waals surface area contributed by atoms with Crippen LogP contribution in [0, 0.1) is 0 Å². The van der Waals surface area contributed by atoms with Gasteiger partial charge in [-0.2, -0.15) is 0 Å². The van der Waals surface area contributed by atoms with E-state index < -0.39 is 10.0 Å². The Morgan fingerprint density at radius 2 is 2.33 bits per heavy atom. The lowest BCUT2D eigenvalue weighted by Gasteiger charge is -2.29. The van der Waals surface area contributed by atoms with Gasteiger partial charge in [0, 0.05) is 12.6 Å². The quantitative estimate of drug-likeness (QED) is 0.813. The molecule has 18 heavy (non-hydrogen) atoms. The smallest absolute Gasteiger partial charge is 0.274 e. The first-order chi connectivity index (χ1) is 8.51. The van der Waals surface area contributed by atoms with E-state index in [-0.39, 0.29) is 17.7 Å². The van der Waals surface area contributed by atoms with Crippen LogP contribution in [-0.4, -0.2) is 39.5 Å². The molecule has 1 aliphatic heterocycles. The van der Waals surface area contributed by atoms with Crippen LogP contribution in [0.1, 0.15) is 18.6 Å². The lowest BCUT2D eigenvalue weighted by Crippen LogP contribution is -2.46. The molecule has 3 N–H and O–H groups in total. The Balaban J connectivity index is 2.06.